The number of hydrogen-bond donors (Lipinski definition) is 3. The number of amides is 3. The van der Waals surface area contributed by atoms with Crippen LogP contribution in [0.5, 0.6) is 5.75 Å². The lowest BCUT2D eigenvalue weighted by molar-refractivity contribution is -0.139. The minimum Gasteiger partial charge on any atom is -0.484 e. The van der Waals surface area contributed by atoms with Crippen molar-refractivity contribution in [2.24, 2.45) is 5.10 Å². The van der Waals surface area contributed by atoms with Gasteiger partial charge in [0.1, 0.15) is 5.75 Å². The molecule has 0 aliphatic carbocycles. The van der Waals surface area contributed by atoms with Crippen LogP contribution in [-0.4, -0.2) is 49.8 Å². The van der Waals surface area contributed by atoms with Gasteiger partial charge in [-0.05, 0) is 42.7 Å². The van der Waals surface area contributed by atoms with Crippen LogP contribution >= 0.6 is 0 Å². The van der Waals surface area contributed by atoms with Crippen LogP contribution in [0.4, 0.5) is 5.69 Å². The molecule has 0 radical (unpaired) electrons. The van der Waals surface area contributed by atoms with Gasteiger partial charge in [-0.15, -0.1) is 0 Å². The average Bonchev–Trinajstić information content (AvgIpc) is 3.31. The Morgan fingerprint density at radius 1 is 1.10 bits per heavy atom. The zero-order chi connectivity index (χ0) is 21.9. The molecule has 9 heteroatoms. The number of carbonyl (C=O) groups is 3. The first-order chi connectivity index (χ1) is 15.1. The van der Waals surface area contributed by atoms with Crippen molar-refractivity contribution in [1.29, 1.82) is 0 Å². The summed E-state index contributed by atoms with van der Waals surface area (Å²) in [4.78, 5) is 35.5. The Bertz CT molecular complexity index is 927. The fourth-order valence-corrected chi connectivity index (χ4v) is 2.86. The van der Waals surface area contributed by atoms with E-state index in [0.717, 1.165) is 12.8 Å². The molecule has 0 unspecified atom stereocenters. The average molecular weight is 424 g/mol. The predicted octanol–water partition coefficient (Wildman–Crippen LogP) is 1.45. The minimum atomic E-state index is -0.862. The highest BCUT2D eigenvalue weighted by Gasteiger charge is 2.18. The molecule has 1 fully saturated rings. The maximum atomic E-state index is 12.0. The standard InChI is InChI=1S/C22H24N4O5/c27-20(25-17-7-2-1-3-8-17)15-31-18-9-4-6-16(12-18)13-24-26-22(29)21(28)23-14-19-10-5-11-30-19/h1-4,6-9,12-13,19H,5,10-11,14-15H2,(H,23,28)(H,25,27)(H,26,29)/b24-13-/t19-/m1/s1. The second-order valence-electron chi connectivity index (χ2n) is 6.82. The summed E-state index contributed by atoms with van der Waals surface area (Å²) in [6.45, 7) is 0.821. The van der Waals surface area contributed by atoms with Gasteiger partial charge in [0.05, 0.1) is 12.3 Å². The SMILES string of the molecule is O=C(COc1cccc(/C=N\NC(=O)C(=O)NC[C@H]2CCCO2)c1)Nc1ccccc1. The van der Waals surface area contributed by atoms with Crippen molar-refractivity contribution >= 4 is 29.6 Å². The molecule has 3 amide bonds. The highest BCUT2D eigenvalue weighted by atomic mass is 16.5. The first-order valence-corrected chi connectivity index (χ1v) is 9.91. The molecule has 0 bridgehead atoms. The van der Waals surface area contributed by atoms with Gasteiger partial charge >= 0.3 is 11.8 Å². The molecule has 3 rings (SSSR count). The molecule has 31 heavy (non-hydrogen) atoms. The van der Waals surface area contributed by atoms with E-state index in [2.05, 4.69) is 21.2 Å². The third kappa shape index (κ3) is 7.56. The fraction of sp³-hybridized carbons (Fsp3) is 0.273. The molecule has 1 atom stereocenters. The second kappa shape index (κ2) is 11.5. The van der Waals surface area contributed by atoms with Gasteiger partial charge in [0.15, 0.2) is 6.61 Å². The Hall–Kier alpha value is -3.72. The van der Waals surface area contributed by atoms with Crippen molar-refractivity contribution in [2.45, 2.75) is 18.9 Å². The van der Waals surface area contributed by atoms with Gasteiger partial charge in [0, 0.05) is 18.8 Å². The van der Waals surface area contributed by atoms with E-state index in [9.17, 15) is 14.4 Å². The van der Waals surface area contributed by atoms with E-state index in [1.165, 1.54) is 6.21 Å². The minimum absolute atomic E-state index is 0.0437. The van der Waals surface area contributed by atoms with Crippen LogP contribution in [0.2, 0.25) is 0 Å². The van der Waals surface area contributed by atoms with Gasteiger partial charge < -0.3 is 20.1 Å². The van der Waals surface area contributed by atoms with Crippen molar-refractivity contribution in [3.05, 3.63) is 60.2 Å². The summed E-state index contributed by atoms with van der Waals surface area (Å²) in [6, 6.07) is 15.9. The summed E-state index contributed by atoms with van der Waals surface area (Å²) < 4.78 is 10.9. The molecular formula is C22H24N4O5. The Kier molecular flexibility index (Phi) is 8.13. The lowest BCUT2D eigenvalue weighted by atomic mass is 10.2. The monoisotopic (exact) mass is 424 g/mol. The maximum Gasteiger partial charge on any atom is 0.329 e. The van der Waals surface area contributed by atoms with Crippen LogP contribution in [0.1, 0.15) is 18.4 Å². The normalized spacial score (nSPS) is 15.4. The van der Waals surface area contributed by atoms with Gasteiger partial charge in [-0.2, -0.15) is 5.10 Å². The Balaban J connectivity index is 1.41. The predicted molar refractivity (Wildman–Crippen MR) is 115 cm³/mol. The van der Waals surface area contributed by atoms with Crippen LogP contribution in [-0.2, 0) is 19.1 Å². The molecule has 162 valence electrons. The molecule has 2 aromatic carbocycles. The number of nitrogens with one attached hydrogen (secondary N) is 3. The maximum absolute atomic E-state index is 12.0. The van der Waals surface area contributed by atoms with E-state index in [1.807, 2.05) is 18.2 Å². The van der Waals surface area contributed by atoms with Crippen molar-refractivity contribution < 1.29 is 23.9 Å². The third-order valence-electron chi connectivity index (χ3n) is 4.39. The van der Waals surface area contributed by atoms with Crippen LogP contribution < -0.4 is 20.8 Å². The van der Waals surface area contributed by atoms with Crippen LogP contribution in [0.15, 0.2) is 59.7 Å². The van der Waals surface area contributed by atoms with Crippen molar-refractivity contribution in [1.82, 2.24) is 10.7 Å². The molecule has 1 aliphatic heterocycles. The molecule has 9 nitrogen and oxygen atoms in total. The Labute approximate surface area is 179 Å². The second-order valence-corrected chi connectivity index (χ2v) is 6.82. The quantitative estimate of drug-likeness (QED) is 0.337. The number of hydrogen-bond acceptors (Lipinski definition) is 6. The lowest BCUT2D eigenvalue weighted by Crippen LogP contribution is -2.41. The summed E-state index contributed by atoms with van der Waals surface area (Å²) >= 11 is 0. The Morgan fingerprint density at radius 2 is 1.94 bits per heavy atom. The van der Waals surface area contributed by atoms with E-state index in [4.69, 9.17) is 9.47 Å². The van der Waals surface area contributed by atoms with Gasteiger partial charge in [0.2, 0.25) is 0 Å². The number of anilines is 1. The van der Waals surface area contributed by atoms with Gasteiger partial charge in [-0.1, -0.05) is 30.3 Å². The number of nitrogens with zero attached hydrogens (tertiary/aromatic N) is 1. The zero-order valence-corrected chi connectivity index (χ0v) is 16.9. The van der Waals surface area contributed by atoms with Crippen LogP contribution in [0, 0.1) is 0 Å². The molecule has 1 aliphatic rings. The summed E-state index contributed by atoms with van der Waals surface area (Å²) in [5, 5.41) is 9.03. The summed E-state index contributed by atoms with van der Waals surface area (Å²) in [5.41, 5.74) is 3.49. The largest absolute Gasteiger partial charge is 0.484 e. The molecular weight excluding hydrogens is 400 g/mol. The smallest absolute Gasteiger partial charge is 0.329 e. The zero-order valence-electron chi connectivity index (χ0n) is 16.9. The summed E-state index contributed by atoms with van der Waals surface area (Å²) in [6.07, 6.45) is 3.16. The number of hydrazone groups is 1. The first kappa shape index (κ1) is 22.0. The number of para-hydroxylation sites is 1. The highest BCUT2D eigenvalue weighted by Crippen LogP contribution is 2.13. The lowest BCUT2D eigenvalue weighted by Gasteiger charge is -2.09. The molecule has 2 aromatic rings. The van der Waals surface area contributed by atoms with E-state index >= 15 is 0 Å². The van der Waals surface area contributed by atoms with Crippen molar-refractivity contribution in [3.8, 4) is 5.75 Å². The van der Waals surface area contributed by atoms with Gasteiger partial charge in [0.25, 0.3) is 5.91 Å². The molecule has 0 aromatic heterocycles. The number of carbonyl (C=O) groups excluding carboxylic acids is 3. The molecule has 0 saturated carbocycles. The molecule has 1 heterocycles. The highest BCUT2D eigenvalue weighted by molar-refractivity contribution is 6.35. The fourth-order valence-electron chi connectivity index (χ4n) is 2.86. The first-order valence-electron chi connectivity index (χ1n) is 9.91. The third-order valence-corrected chi connectivity index (χ3v) is 4.39. The van der Waals surface area contributed by atoms with E-state index in [-0.39, 0.29) is 18.6 Å². The molecule has 1 saturated heterocycles. The van der Waals surface area contributed by atoms with Gasteiger partial charge in [-0.3, -0.25) is 14.4 Å². The van der Waals surface area contributed by atoms with Crippen LogP contribution in [0.3, 0.4) is 0 Å². The van der Waals surface area contributed by atoms with E-state index in [1.54, 1.807) is 36.4 Å². The number of ether oxygens (including phenoxy) is 2. The topological polar surface area (TPSA) is 118 Å². The van der Waals surface area contributed by atoms with E-state index in [0.29, 0.717) is 30.2 Å². The summed E-state index contributed by atoms with van der Waals surface area (Å²) in [7, 11) is 0. The Morgan fingerprint density at radius 3 is 2.71 bits per heavy atom. The molecule has 0 spiro atoms. The number of benzene rings is 2. The van der Waals surface area contributed by atoms with Crippen molar-refractivity contribution in [3.63, 3.8) is 0 Å². The van der Waals surface area contributed by atoms with Crippen LogP contribution in [0.25, 0.3) is 0 Å². The number of rotatable bonds is 8. The van der Waals surface area contributed by atoms with Crippen molar-refractivity contribution in [2.75, 3.05) is 25.1 Å². The summed E-state index contributed by atoms with van der Waals surface area (Å²) in [5.74, 6) is -1.45. The van der Waals surface area contributed by atoms with E-state index < -0.39 is 11.8 Å². The van der Waals surface area contributed by atoms with Gasteiger partial charge in [-0.25, -0.2) is 5.43 Å². The molecule has 3 N–H and O–H groups in total.